The van der Waals surface area contributed by atoms with Gasteiger partial charge in [0.1, 0.15) is 0 Å². The first-order valence-electron chi connectivity index (χ1n) is 9.09. The first-order chi connectivity index (χ1) is 12.9. The monoisotopic (exact) mass is 397 g/mol. The largest absolute Gasteiger partial charge is 0.385 e. The summed E-state index contributed by atoms with van der Waals surface area (Å²) in [5, 5.41) is 5.02. The Kier molecular flexibility index (Phi) is 8.21. The predicted octanol–water partition coefficient (Wildman–Crippen LogP) is 0.630. The van der Waals surface area contributed by atoms with Gasteiger partial charge in [-0.1, -0.05) is 18.6 Å². The number of nitrogens with one attached hydrogen (secondary N) is 2. The molecule has 0 saturated carbocycles. The van der Waals surface area contributed by atoms with Gasteiger partial charge in [-0.05, 0) is 37.0 Å². The Morgan fingerprint density at radius 3 is 2.30 bits per heavy atom. The van der Waals surface area contributed by atoms with Gasteiger partial charge in [0.2, 0.25) is 10.0 Å². The Labute approximate surface area is 160 Å². The van der Waals surface area contributed by atoms with E-state index in [1.54, 1.807) is 19.2 Å². The third kappa shape index (κ3) is 6.30. The molecule has 0 aromatic heterocycles. The van der Waals surface area contributed by atoms with E-state index in [0.717, 1.165) is 19.3 Å². The van der Waals surface area contributed by atoms with E-state index in [1.807, 2.05) is 0 Å². The van der Waals surface area contributed by atoms with Gasteiger partial charge < -0.3 is 15.4 Å². The molecule has 1 heterocycles. The Hall–Kier alpha value is -1.97. The molecule has 2 rings (SSSR count). The first-order valence-corrected chi connectivity index (χ1v) is 10.5. The van der Waals surface area contributed by atoms with Gasteiger partial charge in [-0.2, -0.15) is 4.31 Å². The average Bonchev–Trinajstić information content (AvgIpc) is 2.70. The average molecular weight is 397 g/mol. The Morgan fingerprint density at radius 2 is 1.67 bits per heavy atom. The summed E-state index contributed by atoms with van der Waals surface area (Å²) in [6.07, 6.45) is 3.46. The highest BCUT2D eigenvalue weighted by molar-refractivity contribution is 7.89. The fourth-order valence-corrected chi connectivity index (χ4v) is 4.31. The highest BCUT2D eigenvalue weighted by Gasteiger charge is 2.25. The molecule has 0 atom stereocenters. The second-order valence-electron chi connectivity index (χ2n) is 6.39. The van der Waals surface area contributed by atoms with Crippen LogP contribution in [0.15, 0.2) is 29.2 Å². The van der Waals surface area contributed by atoms with E-state index in [0.29, 0.717) is 38.2 Å². The van der Waals surface area contributed by atoms with Crippen molar-refractivity contribution in [2.45, 2.75) is 37.1 Å². The fraction of sp³-hybridized carbons (Fsp3) is 0.556. The van der Waals surface area contributed by atoms with Gasteiger partial charge in [0.05, 0.1) is 4.90 Å². The number of hydrogen-bond donors (Lipinski definition) is 2. The van der Waals surface area contributed by atoms with E-state index < -0.39 is 21.8 Å². The minimum atomic E-state index is -3.47. The summed E-state index contributed by atoms with van der Waals surface area (Å²) in [4.78, 5) is 23.6. The van der Waals surface area contributed by atoms with Crippen molar-refractivity contribution in [3.05, 3.63) is 29.8 Å². The van der Waals surface area contributed by atoms with Crippen LogP contribution in [0.25, 0.3) is 0 Å². The topological polar surface area (TPSA) is 105 Å². The van der Waals surface area contributed by atoms with Crippen LogP contribution in [0.2, 0.25) is 0 Å². The summed E-state index contributed by atoms with van der Waals surface area (Å²) in [6, 6.07) is 6.37. The molecule has 0 spiro atoms. The minimum absolute atomic E-state index is 0.147. The summed E-state index contributed by atoms with van der Waals surface area (Å²) in [5.41, 5.74) is 0.716. The van der Waals surface area contributed by atoms with Crippen LogP contribution in [-0.4, -0.2) is 57.9 Å². The molecule has 0 radical (unpaired) electrons. The second-order valence-corrected chi connectivity index (χ2v) is 8.33. The molecule has 0 aliphatic carbocycles. The standard InChI is InChI=1S/C18H27N3O5S/c1-26-13-5-10-19-17(22)18(23)20-14-15-6-8-16(9-7-15)27(24,25)21-11-3-2-4-12-21/h6-9H,2-5,10-14H2,1H3,(H,19,22)(H,20,23). The third-order valence-corrected chi connectivity index (χ3v) is 6.26. The zero-order valence-electron chi connectivity index (χ0n) is 15.6. The maximum absolute atomic E-state index is 12.6. The molecular weight excluding hydrogens is 370 g/mol. The Balaban J connectivity index is 1.84. The number of ether oxygens (including phenoxy) is 1. The first kappa shape index (κ1) is 21.3. The molecule has 1 aromatic rings. The number of rotatable bonds is 8. The number of nitrogens with zero attached hydrogens (tertiary/aromatic N) is 1. The molecule has 8 nitrogen and oxygen atoms in total. The van der Waals surface area contributed by atoms with Crippen molar-refractivity contribution in [2.24, 2.45) is 0 Å². The van der Waals surface area contributed by atoms with Crippen LogP contribution >= 0.6 is 0 Å². The zero-order valence-corrected chi connectivity index (χ0v) is 16.4. The Morgan fingerprint density at radius 1 is 1.04 bits per heavy atom. The smallest absolute Gasteiger partial charge is 0.309 e. The number of amides is 2. The van der Waals surface area contributed by atoms with Crippen molar-refractivity contribution >= 4 is 21.8 Å². The van der Waals surface area contributed by atoms with Crippen LogP contribution in [0.3, 0.4) is 0 Å². The maximum Gasteiger partial charge on any atom is 0.309 e. The molecule has 2 N–H and O–H groups in total. The normalized spacial score (nSPS) is 15.3. The van der Waals surface area contributed by atoms with Gasteiger partial charge in [0.25, 0.3) is 0 Å². The summed E-state index contributed by atoms with van der Waals surface area (Å²) in [7, 11) is -1.90. The molecule has 2 amide bonds. The van der Waals surface area contributed by atoms with E-state index in [1.165, 1.54) is 16.4 Å². The predicted molar refractivity (Wildman–Crippen MR) is 100 cm³/mol. The molecule has 1 aliphatic rings. The van der Waals surface area contributed by atoms with Crippen molar-refractivity contribution in [1.82, 2.24) is 14.9 Å². The molecular formula is C18H27N3O5S. The molecule has 1 aliphatic heterocycles. The van der Waals surface area contributed by atoms with Crippen molar-refractivity contribution in [2.75, 3.05) is 33.4 Å². The number of carbonyl (C=O) groups is 2. The Bertz CT molecular complexity index is 728. The molecule has 0 bridgehead atoms. The van der Waals surface area contributed by atoms with Crippen molar-refractivity contribution in [3.63, 3.8) is 0 Å². The number of sulfonamides is 1. The van der Waals surface area contributed by atoms with Gasteiger partial charge in [-0.15, -0.1) is 0 Å². The van der Waals surface area contributed by atoms with Crippen LogP contribution in [0.5, 0.6) is 0 Å². The SMILES string of the molecule is COCCCNC(=O)C(=O)NCc1ccc(S(=O)(=O)N2CCCCC2)cc1. The number of carbonyl (C=O) groups excluding carboxylic acids is 2. The van der Waals surface area contributed by atoms with E-state index >= 15 is 0 Å². The molecule has 1 fully saturated rings. The summed E-state index contributed by atoms with van der Waals surface area (Å²) >= 11 is 0. The van der Waals surface area contributed by atoms with Gasteiger partial charge >= 0.3 is 11.8 Å². The van der Waals surface area contributed by atoms with Crippen LogP contribution in [0, 0.1) is 0 Å². The lowest BCUT2D eigenvalue weighted by Crippen LogP contribution is -2.40. The lowest BCUT2D eigenvalue weighted by atomic mass is 10.2. The molecule has 1 saturated heterocycles. The third-order valence-electron chi connectivity index (χ3n) is 4.35. The molecule has 9 heteroatoms. The quantitative estimate of drug-likeness (QED) is 0.495. The van der Waals surface area contributed by atoms with Gasteiger partial charge in [-0.25, -0.2) is 8.42 Å². The van der Waals surface area contributed by atoms with Crippen LogP contribution < -0.4 is 10.6 Å². The van der Waals surface area contributed by atoms with E-state index in [2.05, 4.69) is 10.6 Å². The highest BCUT2D eigenvalue weighted by Crippen LogP contribution is 2.20. The minimum Gasteiger partial charge on any atom is -0.385 e. The lowest BCUT2D eigenvalue weighted by molar-refractivity contribution is -0.139. The van der Waals surface area contributed by atoms with Crippen LogP contribution in [0.1, 0.15) is 31.2 Å². The summed E-state index contributed by atoms with van der Waals surface area (Å²) in [5.74, 6) is -1.42. The molecule has 150 valence electrons. The van der Waals surface area contributed by atoms with Crippen molar-refractivity contribution < 1.29 is 22.7 Å². The summed E-state index contributed by atoms with van der Waals surface area (Å²) < 4.78 is 31.6. The van der Waals surface area contributed by atoms with E-state index in [-0.39, 0.29) is 11.4 Å². The highest BCUT2D eigenvalue weighted by atomic mass is 32.2. The number of piperidine rings is 1. The van der Waals surface area contributed by atoms with Crippen LogP contribution in [-0.2, 0) is 30.9 Å². The molecule has 1 aromatic carbocycles. The van der Waals surface area contributed by atoms with Gasteiger partial charge in [0.15, 0.2) is 0 Å². The number of hydrogen-bond acceptors (Lipinski definition) is 5. The molecule has 0 unspecified atom stereocenters. The second kappa shape index (κ2) is 10.4. The zero-order chi connectivity index (χ0) is 19.7. The van der Waals surface area contributed by atoms with Gasteiger partial charge in [-0.3, -0.25) is 9.59 Å². The van der Waals surface area contributed by atoms with E-state index in [4.69, 9.17) is 4.74 Å². The summed E-state index contributed by atoms with van der Waals surface area (Å²) in [6.45, 7) is 2.13. The van der Waals surface area contributed by atoms with E-state index in [9.17, 15) is 18.0 Å². The van der Waals surface area contributed by atoms with Crippen LogP contribution in [0.4, 0.5) is 0 Å². The number of methoxy groups -OCH3 is 1. The maximum atomic E-state index is 12.6. The fourth-order valence-electron chi connectivity index (χ4n) is 2.79. The van der Waals surface area contributed by atoms with Gasteiger partial charge in [0, 0.05) is 39.9 Å². The molecule has 27 heavy (non-hydrogen) atoms. The van der Waals surface area contributed by atoms with Crippen molar-refractivity contribution in [3.8, 4) is 0 Å². The van der Waals surface area contributed by atoms with Crippen molar-refractivity contribution in [1.29, 1.82) is 0 Å². The lowest BCUT2D eigenvalue weighted by Gasteiger charge is -2.25. The number of benzene rings is 1.